The highest BCUT2D eigenvalue weighted by Gasteiger charge is 2.41. The average molecular weight is 209 g/mol. The maximum atomic E-state index is 8.67. The first-order chi connectivity index (χ1) is 7.24. The lowest BCUT2D eigenvalue weighted by Gasteiger charge is -2.38. The van der Waals surface area contributed by atoms with Crippen LogP contribution in [0.1, 0.15) is 38.5 Å². The smallest absolute Gasteiger partial charge is 0.183 e. The molecule has 84 valence electrons. The van der Waals surface area contributed by atoms with Crippen LogP contribution in [-0.2, 0) is 4.74 Å². The van der Waals surface area contributed by atoms with E-state index in [1.165, 1.54) is 32.1 Å². The van der Waals surface area contributed by atoms with E-state index in [9.17, 15) is 0 Å². The molecule has 15 heavy (non-hydrogen) atoms. The van der Waals surface area contributed by atoms with Crippen molar-refractivity contribution >= 4 is 0 Å². The Morgan fingerprint density at radius 2 is 2.07 bits per heavy atom. The molecule has 0 radical (unpaired) electrons. The molecule has 2 atom stereocenters. The zero-order valence-corrected chi connectivity index (χ0v) is 9.61. The molecule has 2 aliphatic rings. The maximum Gasteiger partial charge on any atom is 0.183 e. The van der Waals surface area contributed by atoms with E-state index in [1.54, 1.807) is 0 Å². The summed E-state index contributed by atoms with van der Waals surface area (Å²) in [4.78, 5) is 0. The van der Waals surface area contributed by atoms with Crippen molar-refractivity contribution in [1.29, 1.82) is 5.26 Å². The fourth-order valence-corrected chi connectivity index (χ4v) is 3.03. The molecule has 0 amide bonds. The molecule has 0 aromatic carbocycles. The third-order valence-electron chi connectivity index (χ3n) is 4.00. The zero-order valence-electron chi connectivity index (χ0n) is 9.61. The van der Waals surface area contributed by atoms with E-state index in [0.29, 0.717) is 6.42 Å². The van der Waals surface area contributed by atoms with Gasteiger partial charge in [0.05, 0.1) is 25.6 Å². The molecule has 0 aromatic heterocycles. The summed E-state index contributed by atoms with van der Waals surface area (Å²) in [5.74, 6) is 0. The van der Waals surface area contributed by atoms with E-state index in [2.05, 4.69) is 13.1 Å². The monoisotopic (exact) mass is 209 g/mol. The SMILES string of the molecule is C[N+]1(C2CCCCC2)COC(CC#N)C1. The van der Waals surface area contributed by atoms with E-state index in [0.717, 1.165) is 23.8 Å². The number of hydrogen-bond donors (Lipinski definition) is 0. The topological polar surface area (TPSA) is 33.0 Å². The third kappa shape index (κ3) is 2.32. The van der Waals surface area contributed by atoms with Gasteiger partial charge < -0.3 is 4.74 Å². The molecule has 0 spiro atoms. The number of hydrogen-bond acceptors (Lipinski definition) is 2. The highest BCUT2D eigenvalue weighted by atomic mass is 16.5. The van der Waals surface area contributed by atoms with Crippen LogP contribution in [0.4, 0.5) is 0 Å². The molecule has 2 fully saturated rings. The van der Waals surface area contributed by atoms with Gasteiger partial charge in [0.25, 0.3) is 0 Å². The van der Waals surface area contributed by atoms with Crippen molar-refractivity contribution in [2.45, 2.75) is 50.7 Å². The predicted octanol–water partition coefficient (Wildman–Crippen LogP) is 2.04. The molecule has 1 saturated heterocycles. The lowest BCUT2D eigenvalue weighted by molar-refractivity contribution is -0.932. The Balaban J connectivity index is 1.93. The molecule has 0 bridgehead atoms. The second-order valence-electron chi connectivity index (χ2n) is 5.23. The Kier molecular flexibility index (Phi) is 3.28. The Labute approximate surface area is 92.2 Å². The summed E-state index contributed by atoms with van der Waals surface area (Å²) in [6, 6.07) is 3.00. The Bertz CT molecular complexity index is 255. The van der Waals surface area contributed by atoms with Gasteiger partial charge in [0.15, 0.2) is 6.73 Å². The summed E-state index contributed by atoms with van der Waals surface area (Å²) >= 11 is 0. The first kappa shape index (κ1) is 10.9. The van der Waals surface area contributed by atoms with Crippen molar-refractivity contribution in [3.63, 3.8) is 0 Å². The van der Waals surface area contributed by atoms with Crippen LogP contribution in [0.3, 0.4) is 0 Å². The van der Waals surface area contributed by atoms with Crippen molar-refractivity contribution in [1.82, 2.24) is 0 Å². The highest BCUT2D eigenvalue weighted by Crippen LogP contribution is 2.31. The van der Waals surface area contributed by atoms with Gasteiger partial charge in [-0.2, -0.15) is 5.26 Å². The van der Waals surface area contributed by atoms with E-state index < -0.39 is 0 Å². The van der Waals surface area contributed by atoms with Crippen LogP contribution in [0.2, 0.25) is 0 Å². The third-order valence-corrected chi connectivity index (χ3v) is 4.00. The van der Waals surface area contributed by atoms with Crippen LogP contribution in [0.25, 0.3) is 0 Å². The minimum atomic E-state index is 0.182. The number of likely N-dealkylation sites (N-methyl/N-ethyl adjacent to an activating group) is 1. The first-order valence-electron chi connectivity index (χ1n) is 6.07. The van der Waals surface area contributed by atoms with Crippen molar-refractivity contribution in [2.75, 3.05) is 20.3 Å². The molecule has 0 aromatic rings. The van der Waals surface area contributed by atoms with Crippen molar-refractivity contribution < 1.29 is 9.22 Å². The van der Waals surface area contributed by atoms with Gasteiger partial charge in [-0.3, -0.25) is 4.48 Å². The molecule has 1 aliphatic carbocycles. The van der Waals surface area contributed by atoms with Gasteiger partial charge in [0.2, 0.25) is 0 Å². The number of quaternary nitrogens is 1. The molecular weight excluding hydrogens is 188 g/mol. The van der Waals surface area contributed by atoms with Crippen molar-refractivity contribution in [3.8, 4) is 6.07 Å². The van der Waals surface area contributed by atoms with Gasteiger partial charge in [0, 0.05) is 0 Å². The molecule has 0 N–H and O–H groups in total. The van der Waals surface area contributed by atoms with Gasteiger partial charge in [-0.1, -0.05) is 6.42 Å². The second-order valence-corrected chi connectivity index (χ2v) is 5.23. The van der Waals surface area contributed by atoms with E-state index >= 15 is 0 Å². The van der Waals surface area contributed by atoms with Crippen LogP contribution >= 0.6 is 0 Å². The van der Waals surface area contributed by atoms with Crippen LogP contribution in [0.5, 0.6) is 0 Å². The maximum absolute atomic E-state index is 8.67. The molecular formula is C12H21N2O+. The summed E-state index contributed by atoms with van der Waals surface area (Å²) < 4.78 is 6.76. The lowest BCUT2D eigenvalue weighted by Crippen LogP contribution is -2.51. The van der Waals surface area contributed by atoms with E-state index in [-0.39, 0.29) is 6.10 Å². The molecule has 1 aliphatic heterocycles. The van der Waals surface area contributed by atoms with Crippen LogP contribution in [0.15, 0.2) is 0 Å². The van der Waals surface area contributed by atoms with E-state index in [4.69, 9.17) is 10.00 Å². The van der Waals surface area contributed by atoms with Crippen LogP contribution in [0, 0.1) is 11.3 Å². The fourth-order valence-electron chi connectivity index (χ4n) is 3.03. The predicted molar refractivity (Wildman–Crippen MR) is 57.9 cm³/mol. The summed E-state index contributed by atoms with van der Waals surface area (Å²) in [6.07, 6.45) is 7.59. The molecule has 2 unspecified atom stereocenters. The molecule has 1 saturated carbocycles. The summed E-state index contributed by atoms with van der Waals surface area (Å²) in [7, 11) is 2.30. The van der Waals surface area contributed by atoms with Gasteiger partial charge in [-0.15, -0.1) is 0 Å². The highest BCUT2D eigenvalue weighted by molar-refractivity contribution is 4.79. The standard InChI is InChI=1S/C12H21N2O/c1-14(11-5-3-2-4-6-11)9-12(7-8-13)15-10-14/h11-12H,2-7,9-10H2,1H3/q+1. The van der Waals surface area contributed by atoms with Gasteiger partial charge in [0.1, 0.15) is 12.6 Å². The summed E-state index contributed by atoms with van der Waals surface area (Å²) in [6.45, 7) is 1.86. The quantitative estimate of drug-likeness (QED) is 0.652. The molecule has 3 heteroatoms. The number of rotatable bonds is 2. The van der Waals surface area contributed by atoms with Crippen molar-refractivity contribution in [3.05, 3.63) is 0 Å². The summed E-state index contributed by atoms with van der Waals surface area (Å²) in [5.41, 5.74) is 0. The Morgan fingerprint density at radius 3 is 2.73 bits per heavy atom. The van der Waals surface area contributed by atoms with Gasteiger partial charge >= 0.3 is 0 Å². The Morgan fingerprint density at radius 1 is 1.33 bits per heavy atom. The van der Waals surface area contributed by atoms with Crippen LogP contribution < -0.4 is 0 Å². The lowest BCUT2D eigenvalue weighted by atomic mass is 9.93. The summed E-state index contributed by atoms with van der Waals surface area (Å²) in [5, 5.41) is 8.67. The van der Waals surface area contributed by atoms with Crippen molar-refractivity contribution in [2.24, 2.45) is 0 Å². The molecule has 3 nitrogen and oxygen atoms in total. The number of nitrogens with zero attached hydrogens (tertiary/aromatic N) is 2. The fraction of sp³-hybridized carbons (Fsp3) is 0.917. The number of nitriles is 1. The van der Waals surface area contributed by atoms with Gasteiger partial charge in [-0.25, -0.2) is 0 Å². The first-order valence-corrected chi connectivity index (χ1v) is 6.07. The van der Waals surface area contributed by atoms with Gasteiger partial charge in [-0.05, 0) is 25.7 Å². The normalized spacial score (nSPS) is 37.7. The number of ether oxygens (including phenoxy) is 1. The zero-order chi connectivity index (χ0) is 10.7. The van der Waals surface area contributed by atoms with E-state index in [1.807, 2.05) is 0 Å². The average Bonchev–Trinajstić information content (AvgIpc) is 2.64. The largest absolute Gasteiger partial charge is 0.321 e. The molecule has 1 heterocycles. The van der Waals surface area contributed by atoms with Crippen LogP contribution in [-0.4, -0.2) is 37.0 Å². The minimum absolute atomic E-state index is 0.182. The second kappa shape index (κ2) is 4.51. The minimum Gasteiger partial charge on any atom is -0.321 e. The molecule has 2 rings (SSSR count). The Hall–Kier alpha value is -0.590.